The monoisotopic (exact) mass is 203 g/mol. The topological polar surface area (TPSA) is 26.0 Å². The lowest BCUT2D eigenvalue weighted by Gasteiger charge is -2.11. The molecule has 4 heteroatoms. The van der Waals surface area contributed by atoms with Crippen LogP contribution >= 0.6 is 0 Å². The van der Waals surface area contributed by atoms with E-state index in [1.807, 2.05) is 6.92 Å². The lowest BCUT2D eigenvalue weighted by Crippen LogP contribution is -2.10. The van der Waals surface area contributed by atoms with Crippen LogP contribution in [0.15, 0.2) is 18.2 Å². The summed E-state index contributed by atoms with van der Waals surface area (Å²) in [6, 6.07) is 2.95. The summed E-state index contributed by atoms with van der Waals surface area (Å²) in [4.78, 5) is 0. The molecule has 0 aliphatic heterocycles. The van der Waals surface area contributed by atoms with Crippen molar-refractivity contribution in [1.29, 1.82) is 0 Å². The number of alkyl halides is 2. The molecular formula is C10H12F3N. The first-order chi connectivity index (χ1) is 6.56. The second-order valence-corrected chi connectivity index (χ2v) is 3.10. The molecule has 0 spiro atoms. The van der Waals surface area contributed by atoms with Crippen molar-refractivity contribution in [3.63, 3.8) is 0 Å². The molecule has 0 aromatic heterocycles. The second kappa shape index (κ2) is 4.46. The number of benzene rings is 1. The number of nitrogens with two attached hydrogens (primary N) is 1. The molecule has 78 valence electrons. The summed E-state index contributed by atoms with van der Waals surface area (Å²) in [6.07, 6.45) is -2.07. The highest BCUT2D eigenvalue weighted by Crippen LogP contribution is 2.24. The molecule has 0 saturated carbocycles. The number of rotatable bonds is 3. The van der Waals surface area contributed by atoms with E-state index in [4.69, 9.17) is 5.73 Å². The Bertz CT molecular complexity index is 312. The molecule has 1 aromatic carbocycles. The maximum absolute atomic E-state index is 13.2. The van der Waals surface area contributed by atoms with Crippen LogP contribution in [0, 0.1) is 5.82 Å². The summed E-state index contributed by atoms with van der Waals surface area (Å²) in [5.74, 6) is -0.655. The molecule has 0 bridgehead atoms. The Balaban J connectivity index is 3.01. The first-order valence-corrected chi connectivity index (χ1v) is 4.39. The Kier molecular flexibility index (Phi) is 3.52. The third-order valence-corrected chi connectivity index (χ3v) is 2.12. The van der Waals surface area contributed by atoms with Crippen molar-refractivity contribution in [2.24, 2.45) is 5.73 Å². The minimum absolute atomic E-state index is 0.289. The average molecular weight is 203 g/mol. The fraction of sp³-hybridized carbons (Fsp3) is 0.400. The molecule has 0 heterocycles. The first kappa shape index (κ1) is 11.0. The van der Waals surface area contributed by atoms with Gasteiger partial charge in [0, 0.05) is 17.2 Å². The molecule has 0 saturated heterocycles. The minimum Gasteiger partial charge on any atom is -0.324 e. The van der Waals surface area contributed by atoms with Crippen LogP contribution in [-0.2, 0) is 0 Å². The van der Waals surface area contributed by atoms with Gasteiger partial charge in [-0.25, -0.2) is 13.2 Å². The zero-order valence-corrected chi connectivity index (χ0v) is 7.81. The van der Waals surface area contributed by atoms with Gasteiger partial charge >= 0.3 is 0 Å². The Morgan fingerprint density at radius 2 is 2.00 bits per heavy atom. The van der Waals surface area contributed by atoms with E-state index in [-0.39, 0.29) is 11.1 Å². The van der Waals surface area contributed by atoms with E-state index in [1.165, 1.54) is 12.1 Å². The van der Waals surface area contributed by atoms with E-state index in [9.17, 15) is 13.2 Å². The summed E-state index contributed by atoms with van der Waals surface area (Å²) >= 11 is 0. The Morgan fingerprint density at radius 1 is 1.36 bits per heavy atom. The average Bonchev–Trinajstić information content (AvgIpc) is 2.16. The van der Waals surface area contributed by atoms with Gasteiger partial charge in [0.1, 0.15) is 5.82 Å². The third-order valence-electron chi connectivity index (χ3n) is 2.12. The van der Waals surface area contributed by atoms with Gasteiger partial charge < -0.3 is 5.73 Å². The van der Waals surface area contributed by atoms with Gasteiger partial charge in [-0.05, 0) is 12.5 Å². The van der Waals surface area contributed by atoms with Gasteiger partial charge in [0.15, 0.2) is 0 Å². The van der Waals surface area contributed by atoms with Crippen LogP contribution in [0.25, 0.3) is 0 Å². The summed E-state index contributed by atoms with van der Waals surface area (Å²) in [5.41, 5.74) is 5.57. The highest BCUT2D eigenvalue weighted by Gasteiger charge is 2.13. The predicted molar refractivity (Wildman–Crippen MR) is 48.6 cm³/mol. The first-order valence-electron chi connectivity index (χ1n) is 4.39. The van der Waals surface area contributed by atoms with Gasteiger partial charge in [-0.1, -0.05) is 19.1 Å². The van der Waals surface area contributed by atoms with Crippen LogP contribution in [0.5, 0.6) is 0 Å². The van der Waals surface area contributed by atoms with E-state index in [0.717, 1.165) is 6.07 Å². The van der Waals surface area contributed by atoms with E-state index < -0.39 is 18.3 Å². The molecule has 2 N–H and O–H groups in total. The Hall–Kier alpha value is -1.03. The van der Waals surface area contributed by atoms with Crippen molar-refractivity contribution in [3.05, 3.63) is 35.1 Å². The Labute approximate surface area is 80.7 Å². The highest BCUT2D eigenvalue weighted by molar-refractivity contribution is 5.27. The summed E-state index contributed by atoms with van der Waals surface area (Å²) in [6.45, 7) is 1.81. The normalized spacial score (nSPS) is 13.3. The van der Waals surface area contributed by atoms with Crippen LogP contribution in [0.1, 0.15) is 36.9 Å². The minimum atomic E-state index is -2.64. The maximum Gasteiger partial charge on any atom is 0.263 e. The van der Waals surface area contributed by atoms with Crippen LogP contribution in [0.4, 0.5) is 13.2 Å². The molecule has 0 amide bonds. The molecular weight excluding hydrogens is 191 g/mol. The van der Waals surface area contributed by atoms with Gasteiger partial charge in [-0.3, -0.25) is 0 Å². The van der Waals surface area contributed by atoms with Crippen LogP contribution in [-0.4, -0.2) is 0 Å². The van der Waals surface area contributed by atoms with Crippen LogP contribution < -0.4 is 5.73 Å². The SMILES string of the molecule is CC[C@H](N)c1ccc(C(F)F)cc1F. The van der Waals surface area contributed by atoms with Gasteiger partial charge in [0.25, 0.3) is 6.43 Å². The molecule has 14 heavy (non-hydrogen) atoms. The predicted octanol–water partition coefficient (Wildman–Crippen LogP) is 3.17. The van der Waals surface area contributed by atoms with Crippen molar-refractivity contribution >= 4 is 0 Å². The van der Waals surface area contributed by atoms with E-state index >= 15 is 0 Å². The van der Waals surface area contributed by atoms with E-state index in [1.54, 1.807) is 0 Å². The van der Waals surface area contributed by atoms with E-state index in [0.29, 0.717) is 6.42 Å². The number of hydrogen-bond donors (Lipinski definition) is 1. The van der Waals surface area contributed by atoms with Crippen molar-refractivity contribution in [1.82, 2.24) is 0 Å². The van der Waals surface area contributed by atoms with Gasteiger partial charge in [-0.2, -0.15) is 0 Å². The molecule has 0 radical (unpaired) electrons. The smallest absolute Gasteiger partial charge is 0.263 e. The zero-order chi connectivity index (χ0) is 10.7. The molecule has 1 atom stereocenters. The second-order valence-electron chi connectivity index (χ2n) is 3.10. The summed E-state index contributed by atoms with van der Waals surface area (Å²) in [5, 5.41) is 0. The lowest BCUT2D eigenvalue weighted by atomic mass is 10.0. The van der Waals surface area contributed by atoms with Gasteiger partial charge in [0.2, 0.25) is 0 Å². The van der Waals surface area contributed by atoms with Crippen molar-refractivity contribution in [3.8, 4) is 0 Å². The summed E-state index contributed by atoms with van der Waals surface area (Å²) < 4.78 is 37.6. The molecule has 1 aromatic rings. The van der Waals surface area contributed by atoms with Crippen molar-refractivity contribution < 1.29 is 13.2 Å². The highest BCUT2D eigenvalue weighted by atomic mass is 19.3. The lowest BCUT2D eigenvalue weighted by molar-refractivity contribution is 0.151. The quantitative estimate of drug-likeness (QED) is 0.802. The number of hydrogen-bond acceptors (Lipinski definition) is 1. The molecule has 0 aliphatic carbocycles. The van der Waals surface area contributed by atoms with Crippen molar-refractivity contribution in [2.45, 2.75) is 25.8 Å². The van der Waals surface area contributed by atoms with Crippen LogP contribution in [0.3, 0.4) is 0 Å². The molecule has 0 aliphatic rings. The standard InChI is InChI=1S/C10H12F3N/c1-2-9(14)7-4-3-6(10(12)13)5-8(7)11/h3-5,9-10H,2,14H2,1H3/t9-/m0/s1. The van der Waals surface area contributed by atoms with Crippen molar-refractivity contribution in [2.75, 3.05) is 0 Å². The van der Waals surface area contributed by atoms with E-state index in [2.05, 4.69) is 0 Å². The molecule has 0 unspecified atom stereocenters. The molecule has 1 rings (SSSR count). The van der Waals surface area contributed by atoms with Gasteiger partial charge in [0.05, 0.1) is 0 Å². The largest absolute Gasteiger partial charge is 0.324 e. The maximum atomic E-state index is 13.2. The third kappa shape index (κ3) is 2.26. The summed E-state index contributed by atoms with van der Waals surface area (Å²) in [7, 11) is 0. The van der Waals surface area contributed by atoms with Crippen LogP contribution in [0.2, 0.25) is 0 Å². The molecule has 0 fully saturated rings. The fourth-order valence-corrected chi connectivity index (χ4v) is 1.20. The molecule has 1 nitrogen and oxygen atoms in total. The van der Waals surface area contributed by atoms with Gasteiger partial charge in [-0.15, -0.1) is 0 Å². The zero-order valence-electron chi connectivity index (χ0n) is 7.81. The fourth-order valence-electron chi connectivity index (χ4n) is 1.20. The number of halogens is 3. The Morgan fingerprint density at radius 3 is 2.43 bits per heavy atom.